The second-order valence-corrected chi connectivity index (χ2v) is 5.85. The van der Waals surface area contributed by atoms with Gasteiger partial charge in [-0.25, -0.2) is 0 Å². The Kier molecular flexibility index (Phi) is 6.02. The molecule has 1 aliphatic heterocycles. The van der Waals surface area contributed by atoms with Crippen LogP contribution in [0.4, 0.5) is 5.69 Å². The standard InChI is InChI=1S/C18H26N2O3/c1-4-13(5-2)18(22)19-14-11-17(21)20(12-14)15-7-9-16(10-8-15)23-6-3/h7-10,13-14H,4-6,11-12H2,1-3H3,(H,19,22)/t14-/m1/s1. The summed E-state index contributed by atoms with van der Waals surface area (Å²) in [7, 11) is 0. The van der Waals surface area contributed by atoms with E-state index in [0.29, 0.717) is 19.6 Å². The van der Waals surface area contributed by atoms with Crippen molar-refractivity contribution in [3.05, 3.63) is 24.3 Å². The second kappa shape index (κ2) is 7.99. The van der Waals surface area contributed by atoms with Crippen LogP contribution in [-0.4, -0.2) is 31.0 Å². The molecule has 0 unspecified atom stereocenters. The molecule has 23 heavy (non-hydrogen) atoms. The Labute approximate surface area is 138 Å². The maximum atomic E-state index is 12.2. The van der Waals surface area contributed by atoms with E-state index < -0.39 is 0 Å². The summed E-state index contributed by atoms with van der Waals surface area (Å²) >= 11 is 0. The van der Waals surface area contributed by atoms with Gasteiger partial charge in [-0.05, 0) is 44.0 Å². The fourth-order valence-electron chi connectivity index (χ4n) is 2.92. The maximum Gasteiger partial charge on any atom is 0.229 e. The van der Waals surface area contributed by atoms with Crippen molar-refractivity contribution in [1.29, 1.82) is 0 Å². The molecule has 1 saturated heterocycles. The third kappa shape index (κ3) is 4.24. The number of ether oxygens (including phenoxy) is 1. The van der Waals surface area contributed by atoms with Gasteiger partial charge in [-0.1, -0.05) is 13.8 Å². The number of carbonyl (C=O) groups excluding carboxylic acids is 2. The lowest BCUT2D eigenvalue weighted by Crippen LogP contribution is -2.40. The molecule has 0 spiro atoms. The van der Waals surface area contributed by atoms with Gasteiger partial charge < -0.3 is 15.0 Å². The molecular weight excluding hydrogens is 292 g/mol. The van der Waals surface area contributed by atoms with E-state index in [1.807, 2.05) is 45.0 Å². The molecule has 1 atom stereocenters. The summed E-state index contributed by atoms with van der Waals surface area (Å²) in [6.07, 6.45) is 2.01. The molecule has 126 valence electrons. The van der Waals surface area contributed by atoms with E-state index in [9.17, 15) is 9.59 Å². The van der Waals surface area contributed by atoms with Crippen LogP contribution in [0.2, 0.25) is 0 Å². The summed E-state index contributed by atoms with van der Waals surface area (Å²) in [5.74, 6) is 0.927. The first-order valence-corrected chi connectivity index (χ1v) is 8.42. The summed E-state index contributed by atoms with van der Waals surface area (Å²) in [6.45, 7) is 7.11. The molecule has 5 heteroatoms. The molecule has 1 fully saturated rings. The fourth-order valence-corrected chi connectivity index (χ4v) is 2.92. The van der Waals surface area contributed by atoms with E-state index in [0.717, 1.165) is 24.3 Å². The van der Waals surface area contributed by atoms with Crippen molar-refractivity contribution in [2.75, 3.05) is 18.1 Å². The van der Waals surface area contributed by atoms with Crippen molar-refractivity contribution in [1.82, 2.24) is 5.32 Å². The molecule has 1 aromatic carbocycles. The van der Waals surface area contributed by atoms with Crippen LogP contribution in [0.3, 0.4) is 0 Å². The smallest absolute Gasteiger partial charge is 0.229 e. The molecule has 0 aromatic heterocycles. The van der Waals surface area contributed by atoms with Crippen molar-refractivity contribution in [3.63, 3.8) is 0 Å². The summed E-state index contributed by atoms with van der Waals surface area (Å²) in [4.78, 5) is 26.1. The molecule has 0 aliphatic carbocycles. The van der Waals surface area contributed by atoms with E-state index in [4.69, 9.17) is 4.74 Å². The van der Waals surface area contributed by atoms with Crippen molar-refractivity contribution in [2.45, 2.75) is 46.1 Å². The van der Waals surface area contributed by atoms with Crippen LogP contribution in [0.1, 0.15) is 40.0 Å². The monoisotopic (exact) mass is 318 g/mol. The van der Waals surface area contributed by atoms with Crippen LogP contribution in [0.5, 0.6) is 5.75 Å². The van der Waals surface area contributed by atoms with Crippen LogP contribution < -0.4 is 15.0 Å². The van der Waals surface area contributed by atoms with Crippen molar-refractivity contribution >= 4 is 17.5 Å². The zero-order valence-corrected chi connectivity index (χ0v) is 14.2. The van der Waals surface area contributed by atoms with Crippen LogP contribution in [0.25, 0.3) is 0 Å². The Hall–Kier alpha value is -2.04. The van der Waals surface area contributed by atoms with Crippen molar-refractivity contribution in [2.24, 2.45) is 5.92 Å². The minimum Gasteiger partial charge on any atom is -0.494 e. The molecule has 2 amide bonds. The SMILES string of the molecule is CCOc1ccc(N2C[C@H](NC(=O)C(CC)CC)CC2=O)cc1. The minimum atomic E-state index is -0.109. The van der Waals surface area contributed by atoms with Crippen molar-refractivity contribution < 1.29 is 14.3 Å². The summed E-state index contributed by atoms with van der Waals surface area (Å²) in [5.41, 5.74) is 0.845. The third-order valence-electron chi connectivity index (χ3n) is 4.29. The van der Waals surface area contributed by atoms with Crippen LogP contribution in [0.15, 0.2) is 24.3 Å². The van der Waals surface area contributed by atoms with Gasteiger partial charge in [0.2, 0.25) is 11.8 Å². The van der Waals surface area contributed by atoms with Crippen LogP contribution >= 0.6 is 0 Å². The van der Waals surface area contributed by atoms with Gasteiger partial charge >= 0.3 is 0 Å². The van der Waals surface area contributed by atoms with Gasteiger partial charge in [0.25, 0.3) is 0 Å². The molecule has 1 N–H and O–H groups in total. The molecule has 2 rings (SSSR count). The highest BCUT2D eigenvalue weighted by atomic mass is 16.5. The predicted octanol–water partition coefficient (Wildman–Crippen LogP) is 2.74. The van der Waals surface area contributed by atoms with Gasteiger partial charge in [0.05, 0.1) is 12.6 Å². The number of amides is 2. The maximum absolute atomic E-state index is 12.2. The molecule has 0 radical (unpaired) electrons. The quantitative estimate of drug-likeness (QED) is 0.841. The fraction of sp³-hybridized carbons (Fsp3) is 0.556. The average molecular weight is 318 g/mol. The Balaban J connectivity index is 1.98. The van der Waals surface area contributed by atoms with Gasteiger partial charge in [-0.15, -0.1) is 0 Å². The first-order chi connectivity index (χ1) is 11.1. The Morgan fingerprint density at radius 1 is 1.26 bits per heavy atom. The lowest BCUT2D eigenvalue weighted by atomic mass is 10.0. The molecule has 0 saturated carbocycles. The number of hydrogen-bond acceptors (Lipinski definition) is 3. The number of rotatable bonds is 7. The van der Waals surface area contributed by atoms with E-state index in [1.54, 1.807) is 4.90 Å². The summed E-state index contributed by atoms with van der Waals surface area (Å²) < 4.78 is 5.41. The highest BCUT2D eigenvalue weighted by Gasteiger charge is 2.32. The summed E-state index contributed by atoms with van der Waals surface area (Å²) in [6, 6.07) is 7.38. The zero-order valence-electron chi connectivity index (χ0n) is 14.2. The van der Waals surface area contributed by atoms with E-state index in [1.165, 1.54) is 0 Å². The summed E-state index contributed by atoms with van der Waals surface area (Å²) in [5, 5.41) is 3.02. The Morgan fingerprint density at radius 2 is 1.91 bits per heavy atom. The molecule has 0 bridgehead atoms. The van der Waals surface area contributed by atoms with Crippen LogP contribution in [0, 0.1) is 5.92 Å². The average Bonchev–Trinajstić information content (AvgIpc) is 2.90. The number of hydrogen-bond donors (Lipinski definition) is 1. The normalized spacial score (nSPS) is 17.7. The number of anilines is 1. The van der Waals surface area contributed by atoms with Gasteiger partial charge in [-0.3, -0.25) is 9.59 Å². The number of nitrogens with zero attached hydrogens (tertiary/aromatic N) is 1. The van der Waals surface area contributed by atoms with E-state index in [2.05, 4.69) is 5.32 Å². The van der Waals surface area contributed by atoms with E-state index in [-0.39, 0.29) is 23.8 Å². The first kappa shape index (κ1) is 17.3. The van der Waals surface area contributed by atoms with Gasteiger partial charge in [0, 0.05) is 24.6 Å². The zero-order chi connectivity index (χ0) is 16.8. The third-order valence-corrected chi connectivity index (χ3v) is 4.29. The van der Waals surface area contributed by atoms with E-state index >= 15 is 0 Å². The Morgan fingerprint density at radius 3 is 2.48 bits per heavy atom. The predicted molar refractivity (Wildman–Crippen MR) is 90.6 cm³/mol. The number of benzene rings is 1. The molecule has 1 aromatic rings. The van der Waals surface area contributed by atoms with Crippen LogP contribution in [-0.2, 0) is 9.59 Å². The second-order valence-electron chi connectivity index (χ2n) is 5.85. The topological polar surface area (TPSA) is 58.6 Å². The molecular formula is C18H26N2O3. The highest BCUT2D eigenvalue weighted by Crippen LogP contribution is 2.24. The number of carbonyl (C=O) groups is 2. The first-order valence-electron chi connectivity index (χ1n) is 8.42. The molecule has 1 heterocycles. The lowest BCUT2D eigenvalue weighted by Gasteiger charge is -2.19. The number of nitrogens with one attached hydrogen (secondary N) is 1. The van der Waals surface area contributed by atoms with Gasteiger partial charge in [-0.2, -0.15) is 0 Å². The Bertz CT molecular complexity index is 538. The molecule has 5 nitrogen and oxygen atoms in total. The van der Waals surface area contributed by atoms with Gasteiger partial charge in [0.15, 0.2) is 0 Å². The molecule has 1 aliphatic rings. The minimum absolute atomic E-state index is 0.0321. The lowest BCUT2D eigenvalue weighted by molar-refractivity contribution is -0.125. The van der Waals surface area contributed by atoms with Gasteiger partial charge in [0.1, 0.15) is 5.75 Å². The largest absolute Gasteiger partial charge is 0.494 e. The highest BCUT2D eigenvalue weighted by molar-refractivity contribution is 5.97. The van der Waals surface area contributed by atoms with Crippen molar-refractivity contribution in [3.8, 4) is 5.75 Å².